The van der Waals surface area contributed by atoms with Crippen LogP contribution < -0.4 is 16.0 Å². The van der Waals surface area contributed by atoms with Crippen LogP contribution in [0.15, 0.2) is 35.8 Å². The van der Waals surface area contributed by atoms with Crippen LogP contribution in [-0.2, 0) is 0 Å². The van der Waals surface area contributed by atoms with Gasteiger partial charge in [-0.3, -0.25) is 4.90 Å². The van der Waals surface area contributed by atoms with E-state index in [9.17, 15) is 9.59 Å². The van der Waals surface area contributed by atoms with Crippen molar-refractivity contribution in [2.24, 2.45) is 11.3 Å². The first-order valence-corrected chi connectivity index (χ1v) is 10.2. The second kappa shape index (κ2) is 6.87. The number of likely N-dealkylation sites (tertiary alicyclic amines) is 1. The summed E-state index contributed by atoms with van der Waals surface area (Å²) in [7, 11) is 0. The first kappa shape index (κ1) is 18.9. The fourth-order valence-electron chi connectivity index (χ4n) is 4.47. The summed E-state index contributed by atoms with van der Waals surface area (Å²) < 4.78 is 0. The van der Waals surface area contributed by atoms with E-state index in [2.05, 4.69) is 16.0 Å². The summed E-state index contributed by atoms with van der Waals surface area (Å²) in [6, 6.07) is 0.00877. The van der Waals surface area contributed by atoms with Crippen molar-refractivity contribution in [3.8, 4) is 0 Å². The molecule has 0 aromatic rings. The number of carbonyl (C=O) groups excluding carboxylic acids is 2. The topological polar surface area (TPSA) is 76.7 Å². The lowest BCUT2D eigenvalue weighted by molar-refractivity contribution is 0.153. The van der Waals surface area contributed by atoms with E-state index in [1.54, 1.807) is 4.90 Å². The molecule has 1 unspecified atom stereocenters. The van der Waals surface area contributed by atoms with Crippen molar-refractivity contribution in [3.05, 3.63) is 35.8 Å². The third-order valence-electron chi connectivity index (χ3n) is 6.27. The quantitative estimate of drug-likeness (QED) is 0.684. The molecular weight excluding hydrogens is 354 g/mol. The Bertz CT molecular complexity index is 753. The van der Waals surface area contributed by atoms with Crippen molar-refractivity contribution >= 4 is 12.1 Å². The lowest BCUT2D eigenvalue weighted by Crippen LogP contribution is -2.51. The van der Waals surface area contributed by atoms with Gasteiger partial charge in [-0.1, -0.05) is 0 Å². The lowest BCUT2D eigenvalue weighted by atomic mass is 9.91. The summed E-state index contributed by atoms with van der Waals surface area (Å²) in [5.74, 6) is 0.530. The predicted octanol–water partition coefficient (Wildman–Crippen LogP) is 2.51. The fourth-order valence-corrected chi connectivity index (χ4v) is 4.47. The summed E-state index contributed by atoms with van der Waals surface area (Å²) in [5.41, 5.74) is 2.35. The molecule has 0 radical (unpaired) electrons. The molecule has 1 spiro atoms. The van der Waals surface area contributed by atoms with Crippen LogP contribution >= 0.6 is 0 Å². The fraction of sp³-hybridized carbons (Fsp3) is 0.619. The number of piperidine rings is 1. The molecule has 3 heterocycles. The zero-order valence-electron chi connectivity index (χ0n) is 17.0. The van der Waals surface area contributed by atoms with Gasteiger partial charge < -0.3 is 20.9 Å². The van der Waals surface area contributed by atoms with Crippen LogP contribution in [0.3, 0.4) is 0 Å². The zero-order valence-corrected chi connectivity index (χ0v) is 17.0. The van der Waals surface area contributed by atoms with E-state index in [0.717, 1.165) is 50.0 Å². The smallest absolute Gasteiger partial charge is 0.321 e. The number of dihydropyridines is 1. The van der Waals surface area contributed by atoms with Crippen LogP contribution in [0.5, 0.6) is 0 Å². The van der Waals surface area contributed by atoms with Crippen molar-refractivity contribution in [2.45, 2.75) is 45.6 Å². The third-order valence-corrected chi connectivity index (χ3v) is 6.27. The highest BCUT2D eigenvalue weighted by Gasteiger charge is 2.55. The van der Waals surface area contributed by atoms with Gasteiger partial charge in [0.05, 0.1) is 6.54 Å². The summed E-state index contributed by atoms with van der Waals surface area (Å²) in [4.78, 5) is 28.5. The molecule has 4 amide bonds. The van der Waals surface area contributed by atoms with Gasteiger partial charge in [0, 0.05) is 43.8 Å². The van der Waals surface area contributed by atoms with E-state index < -0.39 is 0 Å². The molecular formula is C21H31N5O2. The molecule has 1 atom stereocenters. The Kier molecular flexibility index (Phi) is 4.63. The summed E-state index contributed by atoms with van der Waals surface area (Å²) in [6.45, 7) is 8.96. The first-order chi connectivity index (χ1) is 13.3. The summed E-state index contributed by atoms with van der Waals surface area (Å²) in [5, 5.41) is 9.22. The number of allylic oxidation sites excluding steroid dienone is 1. The molecule has 3 N–H and O–H groups in total. The molecule has 0 bridgehead atoms. The van der Waals surface area contributed by atoms with Gasteiger partial charge in [0.15, 0.2) is 0 Å². The van der Waals surface area contributed by atoms with Gasteiger partial charge in [-0.05, 0) is 68.6 Å². The number of nitrogens with zero attached hydrogens (tertiary/aromatic N) is 2. The van der Waals surface area contributed by atoms with E-state index in [1.807, 2.05) is 50.3 Å². The normalized spacial score (nSPS) is 24.9. The van der Waals surface area contributed by atoms with E-state index >= 15 is 0 Å². The molecule has 152 valence electrons. The Morgan fingerprint density at radius 2 is 2.00 bits per heavy atom. The maximum absolute atomic E-state index is 12.5. The molecule has 0 aromatic heterocycles. The van der Waals surface area contributed by atoms with E-state index in [0.29, 0.717) is 17.9 Å². The molecule has 4 aliphatic rings. The molecule has 1 saturated carbocycles. The van der Waals surface area contributed by atoms with Crippen LogP contribution in [0, 0.1) is 11.3 Å². The SMILES string of the molecule is CC(C)(C)NC(=O)N1CCC2(CC1)CC2CNC(=O)N1C=C2C=CNC=C2C1. The maximum Gasteiger partial charge on any atom is 0.321 e. The number of amides is 4. The average molecular weight is 386 g/mol. The second-order valence-electron chi connectivity index (χ2n) is 9.50. The van der Waals surface area contributed by atoms with Crippen LogP contribution in [0.2, 0.25) is 0 Å². The average Bonchev–Trinajstić information content (AvgIpc) is 3.11. The van der Waals surface area contributed by atoms with Gasteiger partial charge in [-0.2, -0.15) is 0 Å². The number of hydrogen-bond donors (Lipinski definition) is 3. The number of fused-ring (bicyclic) bond motifs is 1. The Balaban J connectivity index is 1.22. The monoisotopic (exact) mass is 385 g/mol. The van der Waals surface area contributed by atoms with E-state index in [4.69, 9.17) is 0 Å². The number of rotatable bonds is 2. The molecule has 3 aliphatic heterocycles. The highest BCUT2D eigenvalue weighted by atomic mass is 16.2. The Hall–Kier alpha value is -2.44. The lowest BCUT2D eigenvalue weighted by Gasteiger charge is -2.35. The van der Waals surface area contributed by atoms with Gasteiger partial charge in [0.25, 0.3) is 0 Å². The van der Waals surface area contributed by atoms with Crippen molar-refractivity contribution < 1.29 is 9.59 Å². The Morgan fingerprint density at radius 3 is 2.68 bits per heavy atom. The van der Waals surface area contributed by atoms with Crippen molar-refractivity contribution in [1.29, 1.82) is 0 Å². The minimum Gasteiger partial charge on any atom is -0.367 e. The predicted molar refractivity (Wildman–Crippen MR) is 108 cm³/mol. The van der Waals surface area contributed by atoms with Gasteiger partial charge in [-0.15, -0.1) is 0 Å². The molecule has 1 aliphatic carbocycles. The molecule has 28 heavy (non-hydrogen) atoms. The van der Waals surface area contributed by atoms with Gasteiger partial charge in [0.1, 0.15) is 0 Å². The third kappa shape index (κ3) is 3.88. The number of urea groups is 2. The Labute approximate surface area is 166 Å². The number of nitrogens with one attached hydrogen (secondary N) is 3. The van der Waals surface area contributed by atoms with Crippen molar-refractivity contribution in [2.75, 3.05) is 26.2 Å². The van der Waals surface area contributed by atoms with E-state index in [1.165, 1.54) is 0 Å². The van der Waals surface area contributed by atoms with Crippen LogP contribution in [0.4, 0.5) is 9.59 Å². The standard InChI is InChI=1S/C21H31N5O2/c1-20(2,3)24-19(28)25-8-5-21(6-9-25)10-17(21)12-23-18(27)26-13-15-4-7-22-11-16(15)14-26/h4,7,11,13,17,22H,5-6,8-10,12,14H2,1-3H3,(H,23,27)(H,24,28). The first-order valence-electron chi connectivity index (χ1n) is 10.2. The van der Waals surface area contributed by atoms with E-state index in [-0.39, 0.29) is 17.6 Å². The largest absolute Gasteiger partial charge is 0.367 e. The molecule has 0 aromatic carbocycles. The summed E-state index contributed by atoms with van der Waals surface area (Å²) >= 11 is 0. The molecule has 2 fully saturated rings. The maximum atomic E-state index is 12.5. The summed E-state index contributed by atoms with van der Waals surface area (Å²) in [6.07, 6.45) is 10.9. The number of carbonyl (C=O) groups is 2. The van der Waals surface area contributed by atoms with Crippen molar-refractivity contribution in [1.82, 2.24) is 25.8 Å². The molecule has 4 rings (SSSR count). The molecule has 7 nitrogen and oxygen atoms in total. The Morgan fingerprint density at radius 1 is 1.25 bits per heavy atom. The number of hydrogen-bond acceptors (Lipinski definition) is 3. The minimum atomic E-state index is -0.205. The van der Waals surface area contributed by atoms with Crippen molar-refractivity contribution in [3.63, 3.8) is 0 Å². The second-order valence-corrected chi connectivity index (χ2v) is 9.50. The molecule has 7 heteroatoms. The van der Waals surface area contributed by atoms with Crippen LogP contribution in [0.1, 0.15) is 40.0 Å². The van der Waals surface area contributed by atoms with Gasteiger partial charge in [0.2, 0.25) is 0 Å². The highest BCUT2D eigenvalue weighted by molar-refractivity contribution is 5.78. The van der Waals surface area contributed by atoms with Crippen LogP contribution in [0.25, 0.3) is 0 Å². The zero-order chi connectivity index (χ0) is 19.9. The molecule has 1 saturated heterocycles. The minimum absolute atomic E-state index is 0.0276. The van der Waals surface area contributed by atoms with Crippen LogP contribution in [-0.4, -0.2) is 53.6 Å². The highest BCUT2D eigenvalue weighted by Crippen LogP contribution is 2.59. The van der Waals surface area contributed by atoms with Gasteiger partial charge >= 0.3 is 12.1 Å². The van der Waals surface area contributed by atoms with Gasteiger partial charge in [-0.25, -0.2) is 9.59 Å².